The van der Waals surface area contributed by atoms with Crippen molar-refractivity contribution in [3.63, 3.8) is 0 Å². The van der Waals surface area contributed by atoms with E-state index >= 15 is 0 Å². The van der Waals surface area contributed by atoms with Crippen LogP contribution in [0.15, 0.2) is 60.7 Å². The second-order valence-corrected chi connectivity index (χ2v) is 9.56. The van der Waals surface area contributed by atoms with Crippen LogP contribution >= 0.6 is 23.2 Å². The fourth-order valence-electron chi connectivity index (χ4n) is 4.43. The molecule has 0 bridgehead atoms. The highest BCUT2D eigenvalue weighted by Crippen LogP contribution is 2.31. The Labute approximate surface area is 230 Å². The molecule has 198 valence electrons. The van der Waals surface area contributed by atoms with Crippen LogP contribution in [0.2, 0.25) is 10.0 Å². The quantitative estimate of drug-likeness (QED) is 0.269. The number of ether oxygens (including phenoxy) is 2. The van der Waals surface area contributed by atoms with Crippen molar-refractivity contribution in [2.45, 2.75) is 19.5 Å². The van der Waals surface area contributed by atoms with Crippen molar-refractivity contribution in [1.29, 1.82) is 5.41 Å². The lowest BCUT2D eigenvalue weighted by molar-refractivity contribution is 0.0787. The van der Waals surface area contributed by atoms with Gasteiger partial charge in [0.05, 0.1) is 42.4 Å². The van der Waals surface area contributed by atoms with Crippen LogP contribution in [0.5, 0.6) is 11.5 Å². The summed E-state index contributed by atoms with van der Waals surface area (Å²) >= 11 is 12.5. The maximum Gasteiger partial charge on any atom is 0.257 e. The number of nitrogens with one attached hydrogen (secondary N) is 1. The molecule has 0 aliphatic heterocycles. The molecule has 0 fully saturated rings. The molecular formula is C28H28Cl2N4O4. The van der Waals surface area contributed by atoms with Gasteiger partial charge in [0.25, 0.3) is 5.91 Å². The van der Waals surface area contributed by atoms with Gasteiger partial charge in [-0.25, -0.2) is 0 Å². The average molecular weight is 555 g/mol. The normalized spacial score (nSPS) is 11.0. The fraction of sp³-hybridized carbons (Fsp3) is 0.250. The third-order valence-electron chi connectivity index (χ3n) is 6.36. The summed E-state index contributed by atoms with van der Waals surface area (Å²) in [6.45, 7) is 0.832. The molecule has 1 aromatic heterocycles. The minimum absolute atomic E-state index is 0.0155. The Morgan fingerprint density at radius 3 is 2.34 bits per heavy atom. The molecule has 0 radical (unpaired) electrons. The van der Waals surface area contributed by atoms with Gasteiger partial charge in [-0.1, -0.05) is 35.3 Å². The summed E-state index contributed by atoms with van der Waals surface area (Å²) in [6.07, 6.45) is 0.556. The fourth-order valence-corrected chi connectivity index (χ4v) is 4.83. The van der Waals surface area contributed by atoms with Crippen molar-refractivity contribution in [3.8, 4) is 11.5 Å². The van der Waals surface area contributed by atoms with Crippen LogP contribution in [0.4, 0.5) is 0 Å². The van der Waals surface area contributed by atoms with Gasteiger partial charge >= 0.3 is 0 Å². The Hall–Kier alpha value is -3.75. The monoisotopic (exact) mass is 554 g/mol. The number of para-hydroxylation sites is 2. The van der Waals surface area contributed by atoms with Crippen molar-refractivity contribution >= 4 is 45.9 Å². The topological polar surface area (TPSA) is 89.5 Å². The molecule has 1 heterocycles. The number of fused-ring (bicyclic) bond motifs is 1. The number of aryl methyl sites for hydroxylation is 1. The van der Waals surface area contributed by atoms with Crippen LogP contribution in [-0.2, 0) is 13.1 Å². The van der Waals surface area contributed by atoms with E-state index in [4.69, 9.17) is 38.1 Å². The highest BCUT2D eigenvalue weighted by Gasteiger charge is 2.21. The number of imidazole rings is 1. The van der Waals surface area contributed by atoms with Gasteiger partial charge in [-0.15, -0.1) is 0 Å². The first-order chi connectivity index (χ1) is 18.3. The Morgan fingerprint density at radius 1 is 0.947 bits per heavy atom. The summed E-state index contributed by atoms with van der Waals surface area (Å²) in [6, 6.07) is 17.3. The molecule has 38 heavy (non-hydrogen) atoms. The van der Waals surface area contributed by atoms with E-state index in [1.807, 2.05) is 6.07 Å². The summed E-state index contributed by atoms with van der Waals surface area (Å²) in [5, 5.41) is 9.88. The molecule has 0 saturated carbocycles. The Morgan fingerprint density at radius 2 is 1.66 bits per heavy atom. The lowest BCUT2D eigenvalue weighted by Crippen LogP contribution is -2.31. The van der Waals surface area contributed by atoms with E-state index < -0.39 is 0 Å². The van der Waals surface area contributed by atoms with E-state index in [1.54, 1.807) is 75.7 Å². The van der Waals surface area contributed by atoms with Crippen molar-refractivity contribution in [1.82, 2.24) is 14.0 Å². The van der Waals surface area contributed by atoms with Gasteiger partial charge in [0.15, 0.2) is 17.3 Å². The molecule has 0 spiro atoms. The second kappa shape index (κ2) is 11.8. The minimum Gasteiger partial charge on any atom is -0.493 e. The number of amides is 1. The van der Waals surface area contributed by atoms with Crippen molar-refractivity contribution < 1.29 is 19.1 Å². The number of aromatic nitrogens is 2. The summed E-state index contributed by atoms with van der Waals surface area (Å²) < 4.78 is 14.1. The highest BCUT2D eigenvalue weighted by atomic mass is 35.5. The number of methoxy groups -OCH3 is 2. The number of carbonyl (C=O) groups is 2. The van der Waals surface area contributed by atoms with Gasteiger partial charge in [-0.3, -0.25) is 15.0 Å². The van der Waals surface area contributed by atoms with E-state index in [0.29, 0.717) is 63.2 Å². The van der Waals surface area contributed by atoms with Crippen molar-refractivity contribution in [3.05, 3.63) is 87.5 Å². The molecule has 0 aliphatic carbocycles. The number of halogens is 2. The molecule has 10 heteroatoms. The van der Waals surface area contributed by atoms with Crippen LogP contribution < -0.4 is 15.1 Å². The second-order valence-electron chi connectivity index (χ2n) is 8.72. The van der Waals surface area contributed by atoms with Crippen LogP contribution in [0, 0.1) is 5.41 Å². The number of carbonyl (C=O) groups excluding carboxylic acids is 2. The Bertz CT molecular complexity index is 1540. The molecule has 4 aromatic rings. The van der Waals surface area contributed by atoms with Gasteiger partial charge in [0, 0.05) is 30.7 Å². The first-order valence-electron chi connectivity index (χ1n) is 11.9. The third kappa shape index (κ3) is 5.42. The lowest BCUT2D eigenvalue weighted by Gasteiger charge is -2.20. The molecular weight excluding hydrogens is 527 g/mol. The molecule has 0 saturated heterocycles. The smallest absolute Gasteiger partial charge is 0.257 e. The first kappa shape index (κ1) is 27.3. The van der Waals surface area contributed by atoms with Gasteiger partial charge < -0.3 is 23.5 Å². The number of nitrogens with zero attached hydrogens (tertiary/aromatic N) is 3. The van der Waals surface area contributed by atoms with Gasteiger partial charge in [-0.05, 0) is 55.0 Å². The molecule has 1 amide bonds. The molecule has 1 N–H and O–H groups in total. The van der Waals surface area contributed by atoms with E-state index in [9.17, 15) is 9.59 Å². The molecule has 3 aromatic carbocycles. The van der Waals surface area contributed by atoms with Crippen LogP contribution in [0.1, 0.15) is 27.1 Å². The van der Waals surface area contributed by atoms with Crippen molar-refractivity contribution in [2.75, 3.05) is 27.8 Å². The largest absolute Gasteiger partial charge is 0.493 e. The molecule has 0 atom stereocenters. The number of Topliss-reactive ketones (excluding diaryl/α,β-unsaturated/α-hetero) is 1. The maximum absolute atomic E-state index is 13.1. The van der Waals surface area contributed by atoms with E-state index in [1.165, 1.54) is 14.2 Å². The predicted molar refractivity (Wildman–Crippen MR) is 148 cm³/mol. The van der Waals surface area contributed by atoms with E-state index in [2.05, 4.69) is 0 Å². The number of benzene rings is 3. The van der Waals surface area contributed by atoms with Gasteiger partial charge in [0.2, 0.25) is 5.62 Å². The zero-order chi connectivity index (χ0) is 27.4. The van der Waals surface area contributed by atoms with E-state index in [0.717, 1.165) is 0 Å². The molecule has 8 nitrogen and oxygen atoms in total. The standard InChI is InChI=1S/C28H28Cl2N4O4/c1-32(27(36)20-7-4-10-24(37-2)26(20)38-3)15-6-16-33-25-21(30)8-5-9-22(25)34(28(33)31)17-23(35)18-11-13-19(29)14-12-18/h4-5,7-14,31H,6,15-17H2,1-3H3. The predicted octanol–water partition coefficient (Wildman–Crippen LogP) is 5.29. The minimum atomic E-state index is -0.203. The molecule has 4 rings (SSSR count). The van der Waals surface area contributed by atoms with E-state index in [-0.39, 0.29) is 23.9 Å². The number of hydrogen-bond donors (Lipinski definition) is 1. The third-order valence-corrected chi connectivity index (χ3v) is 6.92. The molecule has 0 aliphatic rings. The number of hydrogen-bond acceptors (Lipinski definition) is 5. The van der Waals surface area contributed by atoms with Crippen LogP contribution in [0.3, 0.4) is 0 Å². The zero-order valence-electron chi connectivity index (χ0n) is 21.3. The summed E-state index contributed by atoms with van der Waals surface area (Å²) in [5.41, 5.74) is 2.43. The number of rotatable bonds is 10. The summed E-state index contributed by atoms with van der Waals surface area (Å²) in [4.78, 5) is 27.7. The van der Waals surface area contributed by atoms with Crippen LogP contribution in [0.25, 0.3) is 11.0 Å². The summed E-state index contributed by atoms with van der Waals surface area (Å²) in [7, 11) is 4.74. The van der Waals surface area contributed by atoms with Crippen LogP contribution in [-0.4, -0.2) is 53.5 Å². The lowest BCUT2D eigenvalue weighted by atomic mass is 10.1. The number of ketones is 1. The van der Waals surface area contributed by atoms with Crippen molar-refractivity contribution in [2.24, 2.45) is 0 Å². The summed E-state index contributed by atoms with van der Waals surface area (Å²) in [5.74, 6) is 0.522. The SMILES string of the molecule is COc1cccc(C(=O)N(C)CCCn2c(=N)n(CC(=O)c3ccc(Cl)cc3)c3cccc(Cl)c32)c1OC. The van der Waals surface area contributed by atoms with Gasteiger partial charge in [0.1, 0.15) is 0 Å². The maximum atomic E-state index is 13.1. The Kier molecular flexibility index (Phi) is 8.44. The highest BCUT2D eigenvalue weighted by molar-refractivity contribution is 6.35. The average Bonchev–Trinajstić information content (AvgIpc) is 3.19. The molecule has 0 unspecified atom stereocenters. The zero-order valence-corrected chi connectivity index (χ0v) is 22.8. The van der Waals surface area contributed by atoms with Gasteiger partial charge in [-0.2, -0.15) is 0 Å². The Balaban J connectivity index is 1.54. The first-order valence-corrected chi connectivity index (χ1v) is 12.7.